The van der Waals surface area contributed by atoms with Crippen LogP contribution in [0.3, 0.4) is 0 Å². The molecule has 2 saturated carbocycles. The minimum absolute atomic E-state index is 0.0782. The molecule has 6 heteroatoms. The van der Waals surface area contributed by atoms with Gasteiger partial charge in [-0.3, -0.25) is 14.4 Å². The van der Waals surface area contributed by atoms with Gasteiger partial charge in [-0.1, -0.05) is 26.0 Å². The summed E-state index contributed by atoms with van der Waals surface area (Å²) in [4.78, 5) is 37.2. The monoisotopic (exact) mass is 392 g/mol. The van der Waals surface area contributed by atoms with Gasteiger partial charge >= 0.3 is 17.9 Å². The van der Waals surface area contributed by atoms with Gasteiger partial charge in [-0.05, 0) is 54.8 Å². The molecule has 0 amide bonds. The van der Waals surface area contributed by atoms with Crippen LogP contribution >= 0.6 is 0 Å². The summed E-state index contributed by atoms with van der Waals surface area (Å²) in [5.74, 6) is -1.66. The summed E-state index contributed by atoms with van der Waals surface area (Å²) in [7, 11) is 4.19. The highest BCUT2D eigenvalue weighted by molar-refractivity contribution is 5.83. The number of esters is 3. The molecule has 3 aliphatic rings. The van der Waals surface area contributed by atoms with Crippen LogP contribution in [0.2, 0.25) is 0 Å². The highest BCUT2D eigenvalue weighted by Crippen LogP contribution is 2.64. The van der Waals surface area contributed by atoms with Gasteiger partial charge in [0.15, 0.2) is 0 Å². The number of hydrogen-bond donors (Lipinski definition) is 0. The lowest BCUT2D eigenvalue weighted by Crippen LogP contribution is -2.56. The third-order valence-corrected chi connectivity index (χ3v) is 7.85. The number of fused-ring (bicyclic) bond motifs is 3. The fourth-order valence-electron chi connectivity index (χ4n) is 6.51. The smallest absolute Gasteiger partial charge is 0.310 e. The summed E-state index contributed by atoms with van der Waals surface area (Å²) in [6, 6.07) is 0. The van der Waals surface area contributed by atoms with Crippen molar-refractivity contribution < 1.29 is 28.6 Å². The van der Waals surface area contributed by atoms with Gasteiger partial charge in [0.25, 0.3) is 0 Å². The highest BCUT2D eigenvalue weighted by Gasteiger charge is 2.60. The van der Waals surface area contributed by atoms with E-state index in [-0.39, 0.29) is 40.6 Å². The molecule has 6 nitrogen and oxygen atoms in total. The Balaban J connectivity index is 1.98. The molecule has 0 heterocycles. The van der Waals surface area contributed by atoms with E-state index in [2.05, 4.69) is 26.0 Å². The Morgan fingerprint density at radius 2 is 1.54 bits per heavy atom. The first-order chi connectivity index (χ1) is 13.2. The van der Waals surface area contributed by atoms with Crippen molar-refractivity contribution in [1.29, 1.82) is 0 Å². The van der Waals surface area contributed by atoms with E-state index in [9.17, 15) is 14.4 Å². The molecule has 3 rings (SSSR count). The zero-order valence-corrected chi connectivity index (χ0v) is 17.5. The van der Waals surface area contributed by atoms with Crippen molar-refractivity contribution in [3.05, 3.63) is 12.2 Å². The lowest BCUT2D eigenvalue weighted by atomic mass is 9.44. The number of allylic oxidation sites excluding steroid dienone is 2. The quantitative estimate of drug-likeness (QED) is 0.417. The van der Waals surface area contributed by atoms with Crippen molar-refractivity contribution in [3.8, 4) is 0 Å². The fourth-order valence-corrected chi connectivity index (χ4v) is 6.51. The third-order valence-electron chi connectivity index (χ3n) is 7.85. The largest absolute Gasteiger partial charge is 0.469 e. The summed E-state index contributed by atoms with van der Waals surface area (Å²) >= 11 is 0. The maximum Gasteiger partial charge on any atom is 0.310 e. The number of ether oxygens (including phenoxy) is 3. The van der Waals surface area contributed by atoms with Crippen molar-refractivity contribution in [1.82, 2.24) is 0 Å². The normalized spacial score (nSPS) is 42.0. The molecule has 2 fully saturated rings. The minimum Gasteiger partial charge on any atom is -0.469 e. The molecule has 0 saturated heterocycles. The van der Waals surface area contributed by atoms with Gasteiger partial charge < -0.3 is 14.2 Å². The molecule has 156 valence electrons. The topological polar surface area (TPSA) is 78.9 Å². The van der Waals surface area contributed by atoms with E-state index >= 15 is 0 Å². The Morgan fingerprint density at radius 3 is 2.14 bits per heavy atom. The van der Waals surface area contributed by atoms with E-state index in [1.54, 1.807) is 0 Å². The van der Waals surface area contributed by atoms with Crippen molar-refractivity contribution in [3.63, 3.8) is 0 Å². The minimum atomic E-state index is -0.532. The molecule has 3 aliphatic carbocycles. The molecular weight excluding hydrogens is 360 g/mol. The zero-order chi connectivity index (χ0) is 20.7. The van der Waals surface area contributed by atoms with E-state index < -0.39 is 11.8 Å². The van der Waals surface area contributed by atoms with E-state index in [1.165, 1.54) is 21.3 Å². The molecule has 7 atom stereocenters. The molecule has 0 aromatic rings. The molecule has 0 aromatic heterocycles. The van der Waals surface area contributed by atoms with Gasteiger partial charge in [-0.15, -0.1) is 0 Å². The Morgan fingerprint density at radius 1 is 0.893 bits per heavy atom. The second kappa shape index (κ2) is 7.53. The van der Waals surface area contributed by atoms with Crippen molar-refractivity contribution in [2.24, 2.45) is 40.4 Å². The Bertz CT molecular complexity index is 685. The van der Waals surface area contributed by atoms with Crippen LogP contribution in [0, 0.1) is 40.4 Å². The maximum absolute atomic E-state index is 12.7. The van der Waals surface area contributed by atoms with E-state index in [0.29, 0.717) is 12.3 Å². The second-order valence-corrected chi connectivity index (χ2v) is 9.17. The van der Waals surface area contributed by atoms with Crippen LogP contribution in [0.4, 0.5) is 0 Å². The standard InChI is InChI=1S/C22H32O6/c1-21-10-9-15-17(20(25)28-5)14(19(24)27-4)8-11-22(15,2)16(21)7-6-13(12-21)18(23)26-3/h9-10,13-17H,6-8,11-12H2,1-5H3/t13?,14?,15-,16+,17?,21+,22-/m0/s1. The van der Waals surface area contributed by atoms with E-state index in [4.69, 9.17) is 14.2 Å². The first-order valence-corrected chi connectivity index (χ1v) is 10.1. The molecule has 0 aliphatic heterocycles. The average Bonchev–Trinajstić information content (AvgIpc) is 2.70. The third kappa shape index (κ3) is 3.15. The maximum atomic E-state index is 12.7. The lowest BCUT2D eigenvalue weighted by Gasteiger charge is -2.60. The van der Waals surface area contributed by atoms with Gasteiger partial charge in [0, 0.05) is 0 Å². The van der Waals surface area contributed by atoms with Crippen molar-refractivity contribution in [2.45, 2.75) is 46.0 Å². The SMILES string of the molecule is COC(=O)C1CC[C@H]2[C@@]3(C)CCC(C(=O)OC)C(C(=O)OC)[C@@H]3C=C[C@]2(C)C1. The summed E-state index contributed by atoms with van der Waals surface area (Å²) in [5, 5.41) is 0. The van der Waals surface area contributed by atoms with Gasteiger partial charge in [-0.2, -0.15) is 0 Å². The van der Waals surface area contributed by atoms with Crippen LogP contribution in [-0.2, 0) is 28.6 Å². The van der Waals surface area contributed by atoms with Crippen LogP contribution in [0.15, 0.2) is 12.2 Å². The molecule has 0 bridgehead atoms. The number of carbonyl (C=O) groups excluding carboxylic acids is 3. The van der Waals surface area contributed by atoms with Crippen LogP contribution in [-0.4, -0.2) is 39.2 Å². The van der Waals surface area contributed by atoms with Crippen molar-refractivity contribution in [2.75, 3.05) is 21.3 Å². The number of methoxy groups -OCH3 is 3. The summed E-state index contributed by atoms with van der Waals surface area (Å²) < 4.78 is 15.1. The highest BCUT2D eigenvalue weighted by atomic mass is 16.5. The van der Waals surface area contributed by atoms with Crippen LogP contribution in [0.5, 0.6) is 0 Å². The van der Waals surface area contributed by atoms with E-state index in [1.807, 2.05) is 0 Å². The Labute approximate surface area is 167 Å². The van der Waals surface area contributed by atoms with Crippen LogP contribution in [0.1, 0.15) is 46.0 Å². The molecule has 0 aromatic carbocycles. The second-order valence-electron chi connectivity index (χ2n) is 9.17. The molecule has 0 spiro atoms. The average molecular weight is 392 g/mol. The molecule has 28 heavy (non-hydrogen) atoms. The molecule has 0 N–H and O–H groups in total. The Hall–Kier alpha value is -1.85. The molecule has 0 radical (unpaired) electrons. The summed E-state index contributed by atoms with van der Waals surface area (Å²) in [6.45, 7) is 4.45. The molecular formula is C22H32O6. The zero-order valence-electron chi connectivity index (χ0n) is 17.5. The van der Waals surface area contributed by atoms with Gasteiger partial charge in [-0.25, -0.2) is 0 Å². The number of carbonyl (C=O) groups is 3. The van der Waals surface area contributed by atoms with E-state index in [0.717, 1.165) is 25.7 Å². The first kappa shape index (κ1) is 20.9. The van der Waals surface area contributed by atoms with Crippen LogP contribution < -0.4 is 0 Å². The van der Waals surface area contributed by atoms with Gasteiger partial charge in [0.05, 0.1) is 39.1 Å². The number of rotatable bonds is 3. The fraction of sp³-hybridized carbons (Fsp3) is 0.773. The van der Waals surface area contributed by atoms with Crippen LogP contribution in [0.25, 0.3) is 0 Å². The molecule has 3 unspecified atom stereocenters. The van der Waals surface area contributed by atoms with Gasteiger partial charge in [0.2, 0.25) is 0 Å². The number of hydrogen-bond acceptors (Lipinski definition) is 6. The first-order valence-electron chi connectivity index (χ1n) is 10.1. The van der Waals surface area contributed by atoms with Gasteiger partial charge in [0.1, 0.15) is 0 Å². The Kier molecular flexibility index (Phi) is 5.61. The summed E-state index contributed by atoms with van der Waals surface area (Å²) in [5.41, 5.74) is -0.255. The lowest BCUT2D eigenvalue weighted by molar-refractivity contribution is -0.172. The predicted octanol–water partition coefficient (Wildman–Crippen LogP) is 3.15. The predicted molar refractivity (Wildman–Crippen MR) is 102 cm³/mol. The van der Waals surface area contributed by atoms with Crippen molar-refractivity contribution >= 4 is 17.9 Å². The summed E-state index contributed by atoms with van der Waals surface area (Å²) in [6.07, 6.45) is 8.20.